The molecule has 1 aromatic carbocycles. The maximum absolute atomic E-state index is 13.6. The predicted molar refractivity (Wildman–Crippen MR) is 116 cm³/mol. The number of amides is 3. The summed E-state index contributed by atoms with van der Waals surface area (Å²) in [5.41, 5.74) is 1.04. The average molecular weight is 414 g/mol. The van der Waals surface area contributed by atoms with Crippen molar-refractivity contribution in [2.24, 2.45) is 5.92 Å². The molecule has 3 fully saturated rings. The topological polar surface area (TPSA) is 53.1 Å². The fourth-order valence-electron chi connectivity index (χ4n) is 5.33. The Kier molecular flexibility index (Phi) is 6.32. The number of nitrogens with zero attached hydrogens (tertiary/aromatic N) is 3. The molecule has 0 bridgehead atoms. The van der Waals surface area contributed by atoms with Crippen LogP contribution in [0.5, 0.6) is 0 Å². The number of hydrogen-bond donors (Lipinski definition) is 0. The summed E-state index contributed by atoms with van der Waals surface area (Å²) in [6.07, 6.45) is 4.15. The molecule has 3 saturated heterocycles. The van der Waals surface area contributed by atoms with Crippen LogP contribution in [0.1, 0.15) is 51.5 Å². The number of urea groups is 1. The van der Waals surface area contributed by atoms with Gasteiger partial charge in [0.1, 0.15) is 0 Å². The minimum absolute atomic E-state index is 0.126. The Morgan fingerprint density at radius 3 is 2.43 bits per heavy atom. The van der Waals surface area contributed by atoms with E-state index in [4.69, 9.17) is 4.74 Å². The van der Waals surface area contributed by atoms with Crippen LogP contribution in [0, 0.1) is 5.92 Å². The van der Waals surface area contributed by atoms with E-state index in [0.717, 1.165) is 45.3 Å². The van der Waals surface area contributed by atoms with Crippen LogP contribution in [0.25, 0.3) is 0 Å². The van der Waals surface area contributed by atoms with E-state index in [-0.39, 0.29) is 23.5 Å². The fourth-order valence-corrected chi connectivity index (χ4v) is 5.33. The largest absolute Gasteiger partial charge is 0.381 e. The first-order valence-corrected chi connectivity index (χ1v) is 11.5. The molecule has 1 aromatic rings. The lowest BCUT2D eigenvalue weighted by atomic mass is 9.86. The van der Waals surface area contributed by atoms with Gasteiger partial charge in [0.05, 0.1) is 5.54 Å². The number of carbonyl (C=O) groups excluding carboxylic acids is 2. The Bertz CT molecular complexity index is 737. The zero-order chi connectivity index (χ0) is 21.1. The molecule has 0 unspecified atom stereocenters. The molecule has 0 radical (unpaired) electrons. The van der Waals surface area contributed by atoms with Crippen LogP contribution in [0.2, 0.25) is 0 Å². The highest BCUT2D eigenvalue weighted by atomic mass is 16.5. The lowest BCUT2D eigenvalue weighted by Gasteiger charge is -2.46. The van der Waals surface area contributed by atoms with Gasteiger partial charge in [-0.15, -0.1) is 0 Å². The third-order valence-corrected chi connectivity index (χ3v) is 6.88. The summed E-state index contributed by atoms with van der Waals surface area (Å²) in [6, 6.07) is 10.6. The summed E-state index contributed by atoms with van der Waals surface area (Å²) in [4.78, 5) is 32.3. The first-order valence-electron chi connectivity index (χ1n) is 11.5. The van der Waals surface area contributed by atoms with Gasteiger partial charge in [0.15, 0.2) is 0 Å². The van der Waals surface area contributed by atoms with Gasteiger partial charge < -0.3 is 19.4 Å². The number of ether oxygens (including phenoxy) is 1. The van der Waals surface area contributed by atoms with Crippen molar-refractivity contribution in [1.29, 1.82) is 0 Å². The van der Waals surface area contributed by atoms with Gasteiger partial charge >= 0.3 is 6.03 Å². The number of piperidine rings is 1. The normalized spacial score (nSPS) is 22.4. The minimum atomic E-state index is -0.126. The van der Waals surface area contributed by atoms with E-state index in [2.05, 4.69) is 30.9 Å². The monoisotopic (exact) mass is 413 g/mol. The van der Waals surface area contributed by atoms with Crippen molar-refractivity contribution in [2.75, 3.05) is 32.8 Å². The Hall–Kier alpha value is -2.08. The second-order valence-corrected chi connectivity index (χ2v) is 9.54. The molecule has 6 heteroatoms. The molecule has 6 nitrogen and oxygen atoms in total. The van der Waals surface area contributed by atoms with E-state index in [9.17, 15) is 9.59 Å². The maximum Gasteiger partial charge on any atom is 0.321 e. The van der Waals surface area contributed by atoms with E-state index in [1.54, 1.807) is 0 Å². The smallest absolute Gasteiger partial charge is 0.321 e. The second-order valence-electron chi connectivity index (χ2n) is 9.54. The fraction of sp³-hybridized carbons (Fsp3) is 0.667. The van der Waals surface area contributed by atoms with Gasteiger partial charge in [-0.2, -0.15) is 0 Å². The lowest BCUT2D eigenvalue weighted by Crippen LogP contribution is -2.57. The Labute approximate surface area is 180 Å². The molecule has 0 aliphatic carbocycles. The highest BCUT2D eigenvalue weighted by Crippen LogP contribution is 2.39. The van der Waals surface area contributed by atoms with E-state index in [0.29, 0.717) is 32.1 Å². The molecule has 0 atom stereocenters. The van der Waals surface area contributed by atoms with Crippen molar-refractivity contribution in [3.63, 3.8) is 0 Å². The van der Waals surface area contributed by atoms with Gasteiger partial charge in [-0.3, -0.25) is 4.79 Å². The zero-order valence-electron chi connectivity index (χ0n) is 18.4. The van der Waals surface area contributed by atoms with E-state index in [1.807, 2.05) is 28.0 Å². The second kappa shape index (κ2) is 8.96. The molecular formula is C24H35N3O3. The number of rotatable bonds is 5. The molecule has 1 spiro atoms. The van der Waals surface area contributed by atoms with Crippen molar-refractivity contribution in [3.05, 3.63) is 35.9 Å². The summed E-state index contributed by atoms with van der Waals surface area (Å²) in [7, 11) is 0. The first-order chi connectivity index (χ1) is 14.5. The van der Waals surface area contributed by atoms with Gasteiger partial charge in [-0.1, -0.05) is 44.2 Å². The molecule has 30 heavy (non-hydrogen) atoms. The Morgan fingerprint density at radius 2 is 1.80 bits per heavy atom. The predicted octanol–water partition coefficient (Wildman–Crippen LogP) is 3.51. The molecule has 0 N–H and O–H groups in total. The summed E-state index contributed by atoms with van der Waals surface area (Å²) >= 11 is 0. The molecule has 4 rings (SSSR count). The SMILES string of the molecule is CC(C)CC(=O)N1CCC(N2C(=O)N(Cc3ccccc3)CC23CCOCC3)CC1. The average Bonchev–Trinajstić information content (AvgIpc) is 2.99. The standard InChI is InChI=1S/C24H35N3O3/c1-19(2)16-22(28)25-12-8-21(9-13-25)27-23(29)26(17-20-6-4-3-5-7-20)18-24(27)10-14-30-15-11-24/h3-7,19,21H,8-18H2,1-2H3. The molecule has 164 valence electrons. The number of benzene rings is 1. The quantitative estimate of drug-likeness (QED) is 0.742. The number of carbonyl (C=O) groups is 2. The zero-order valence-corrected chi connectivity index (χ0v) is 18.4. The van der Waals surface area contributed by atoms with E-state index in [1.165, 1.54) is 5.56 Å². The molecule has 0 aromatic heterocycles. The van der Waals surface area contributed by atoms with Crippen LogP contribution in [-0.2, 0) is 16.1 Å². The van der Waals surface area contributed by atoms with E-state index >= 15 is 0 Å². The van der Waals surface area contributed by atoms with Crippen molar-refractivity contribution < 1.29 is 14.3 Å². The van der Waals surface area contributed by atoms with E-state index < -0.39 is 0 Å². The molecule has 0 saturated carbocycles. The van der Waals surface area contributed by atoms with Crippen LogP contribution < -0.4 is 0 Å². The molecule has 3 amide bonds. The van der Waals surface area contributed by atoms with Crippen LogP contribution in [0.3, 0.4) is 0 Å². The maximum atomic E-state index is 13.6. The first kappa shape index (κ1) is 21.2. The van der Waals surface area contributed by atoms with Gasteiger partial charge in [-0.05, 0) is 37.2 Å². The third-order valence-electron chi connectivity index (χ3n) is 6.88. The van der Waals surface area contributed by atoms with Gasteiger partial charge in [-0.25, -0.2) is 4.79 Å². The van der Waals surface area contributed by atoms with Crippen LogP contribution in [0.4, 0.5) is 4.79 Å². The van der Waals surface area contributed by atoms with Crippen LogP contribution >= 0.6 is 0 Å². The summed E-state index contributed by atoms with van der Waals surface area (Å²) in [5.74, 6) is 0.634. The Balaban J connectivity index is 1.47. The van der Waals surface area contributed by atoms with Crippen LogP contribution in [-0.4, -0.2) is 71.1 Å². The number of likely N-dealkylation sites (tertiary alicyclic amines) is 1. The summed E-state index contributed by atoms with van der Waals surface area (Å²) < 4.78 is 5.66. The molecule has 3 aliphatic heterocycles. The van der Waals surface area contributed by atoms with Crippen molar-refractivity contribution >= 4 is 11.9 Å². The third kappa shape index (κ3) is 4.34. The highest BCUT2D eigenvalue weighted by Gasteiger charge is 2.52. The van der Waals surface area contributed by atoms with Gasteiger partial charge in [0.25, 0.3) is 0 Å². The molecule has 3 aliphatic rings. The van der Waals surface area contributed by atoms with Gasteiger partial charge in [0, 0.05) is 51.9 Å². The van der Waals surface area contributed by atoms with Crippen molar-refractivity contribution in [1.82, 2.24) is 14.7 Å². The van der Waals surface area contributed by atoms with Crippen molar-refractivity contribution in [3.8, 4) is 0 Å². The molecular weight excluding hydrogens is 378 g/mol. The summed E-state index contributed by atoms with van der Waals surface area (Å²) in [5, 5.41) is 0. The van der Waals surface area contributed by atoms with Crippen LogP contribution in [0.15, 0.2) is 30.3 Å². The summed E-state index contributed by atoms with van der Waals surface area (Å²) in [6.45, 7) is 8.55. The van der Waals surface area contributed by atoms with Gasteiger partial charge in [0.2, 0.25) is 5.91 Å². The highest BCUT2D eigenvalue weighted by molar-refractivity contribution is 5.79. The lowest BCUT2D eigenvalue weighted by molar-refractivity contribution is -0.133. The van der Waals surface area contributed by atoms with Crippen molar-refractivity contribution in [2.45, 2.75) is 64.1 Å². The Morgan fingerprint density at radius 1 is 1.13 bits per heavy atom. The minimum Gasteiger partial charge on any atom is -0.381 e. The number of hydrogen-bond acceptors (Lipinski definition) is 3. The molecule has 3 heterocycles.